The van der Waals surface area contributed by atoms with Gasteiger partial charge in [0.05, 0.1) is 29.0 Å². The van der Waals surface area contributed by atoms with E-state index in [2.05, 4.69) is 9.72 Å². The molecule has 1 rings (SSSR count). The SMILES string of the molecule is CCOC(=O)C(C#N)c1ncc(C(F)(F)F)cc1Cl. The van der Waals surface area contributed by atoms with Gasteiger partial charge in [0, 0.05) is 6.20 Å². The van der Waals surface area contributed by atoms with Crippen LogP contribution >= 0.6 is 11.6 Å². The van der Waals surface area contributed by atoms with E-state index in [9.17, 15) is 18.0 Å². The normalized spacial score (nSPS) is 12.6. The molecule has 19 heavy (non-hydrogen) atoms. The van der Waals surface area contributed by atoms with E-state index in [4.69, 9.17) is 16.9 Å². The molecule has 8 heteroatoms. The van der Waals surface area contributed by atoms with Crippen LogP contribution in [0.3, 0.4) is 0 Å². The molecule has 0 fully saturated rings. The van der Waals surface area contributed by atoms with Crippen LogP contribution in [-0.2, 0) is 15.7 Å². The summed E-state index contributed by atoms with van der Waals surface area (Å²) in [7, 11) is 0. The van der Waals surface area contributed by atoms with Crippen LogP contribution in [0.1, 0.15) is 24.1 Å². The van der Waals surface area contributed by atoms with Crippen molar-refractivity contribution in [2.45, 2.75) is 19.0 Å². The van der Waals surface area contributed by atoms with E-state index >= 15 is 0 Å². The molecule has 0 aliphatic heterocycles. The van der Waals surface area contributed by atoms with E-state index < -0.39 is 28.6 Å². The Balaban J connectivity index is 3.15. The summed E-state index contributed by atoms with van der Waals surface area (Å²) in [5, 5.41) is 8.45. The Kier molecular flexibility index (Phi) is 4.72. The van der Waals surface area contributed by atoms with Gasteiger partial charge < -0.3 is 4.74 Å². The van der Waals surface area contributed by atoms with Gasteiger partial charge in [-0.3, -0.25) is 9.78 Å². The molecule has 102 valence electrons. The maximum absolute atomic E-state index is 12.4. The number of hydrogen-bond donors (Lipinski definition) is 0. The monoisotopic (exact) mass is 292 g/mol. The van der Waals surface area contributed by atoms with Gasteiger partial charge in [-0.25, -0.2) is 0 Å². The number of carbonyl (C=O) groups is 1. The van der Waals surface area contributed by atoms with E-state index in [-0.39, 0.29) is 12.3 Å². The quantitative estimate of drug-likeness (QED) is 0.804. The lowest BCUT2D eigenvalue weighted by molar-refractivity contribution is -0.143. The topological polar surface area (TPSA) is 63.0 Å². The van der Waals surface area contributed by atoms with Gasteiger partial charge in [-0.15, -0.1) is 0 Å². The number of esters is 1. The number of alkyl halides is 3. The standard InChI is InChI=1S/C11H8ClF3N2O2/c1-2-19-10(18)7(4-16)9-8(12)3-6(5-17-9)11(13,14)15/h3,5,7H,2H2,1H3. The molecule has 0 saturated heterocycles. The molecule has 4 nitrogen and oxygen atoms in total. The summed E-state index contributed by atoms with van der Waals surface area (Å²) in [4.78, 5) is 14.9. The molecule has 1 atom stereocenters. The first-order valence-corrected chi connectivity index (χ1v) is 5.48. The van der Waals surface area contributed by atoms with Gasteiger partial charge in [0.15, 0.2) is 5.92 Å². The van der Waals surface area contributed by atoms with Gasteiger partial charge >= 0.3 is 12.1 Å². The Morgan fingerprint density at radius 2 is 2.26 bits per heavy atom. The van der Waals surface area contributed by atoms with Crippen molar-refractivity contribution < 1.29 is 22.7 Å². The third-order valence-electron chi connectivity index (χ3n) is 2.12. The Morgan fingerprint density at radius 1 is 1.63 bits per heavy atom. The lowest BCUT2D eigenvalue weighted by Crippen LogP contribution is -2.17. The van der Waals surface area contributed by atoms with Gasteiger partial charge in [-0.2, -0.15) is 18.4 Å². The highest BCUT2D eigenvalue weighted by Gasteiger charge is 2.33. The lowest BCUT2D eigenvalue weighted by Gasteiger charge is -2.12. The molecule has 0 spiro atoms. The van der Waals surface area contributed by atoms with Gasteiger partial charge in [-0.1, -0.05) is 11.6 Å². The second-order valence-corrected chi connectivity index (χ2v) is 3.81. The Morgan fingerprint density at radius 3 is 2.68 bits per heavy atom. The molecule has 0 saturated carbocycles. The molecule has 0 aromatic carbocycles. The first kappa shape index (κ1) is 15.2. The Bertz CT molecular complexity index is 526. The van der Waals surface area contributed by atoms with Crippen molar-refractivity contribution in [3.63, 3.8) is 0 Å². The molecular formula is C11H8ClF3N2O2. The summed E-state index contributed by atoms with van der Waals surface area (Å²) >= 11 is 5.63. The van der Waals surface area contributed by atoms with Crippen molar-refractivity contribution >= 4 is 17.6 Å². The third kappa shape index (κ3) is 3.58. The molecule has 1 unspecified atom stereocenters. The zero-order valence-corrected chi connectivity index (χ0v) is 10.4. The number of aromatic nitrogens is 1. The highest BCUT2D eigenvalue weighted by Crippen LogP contribution is 2.32. The second kappa shape index (κ2) is 5.89. The van der Waals surface area contributed by atoms with E-state index in [1.165, 1.54) is 6.92 Å². The molecule has 0 aliphatic rings. The fourth-order valence-electron chi connectivity index (χ4n) is 1.27. The molecule has 1 aromatic heterocycles. The second-order valence-electron chi connectivity index (χ2n) is 3.40. The highest BCUT2D eigenvalue weighted by atomic mass is 35.5. The number of halogens is 4. The zero-order chi connectivity index (χ0) is 14.6. The van der Waals surface area contributed by atoms with Crippen LogP contribution in [0.4, 0.5) is 13.2 Å². The van der Waals surface area contributed by atoms with E-state index in [0.29, 0.717) is 12.3 Å². The number of ether oxygens (including phenoxy) is 1. The van der Waals surface area contributed by atoms with Gasteiger partial charge in [0.1, 0.15) is 0 Å². The summed E-state index contributed by atoms with van der Waals surface area (Å²) in [6, 6.07) is 2.22. The number of nitriles is 1. The van der Waals surface area contributed by atoms with Crippen LogP contribution < -0.4 is 0 Å². The van der Waals surface area contributed by atoms with Crippen LogP contribution in [0.15, 0.2) is 12.3 Å². The lowest BCUT2D eigenvalue weighted by atomic mass is 10.1. The van der Waals surface area contributed by atoms with Crippen LogP contribution in [0, 0.1) is 11.3 Å². The molecule has 0 bridgehead atoms. The molecule has 1 heterocycles. The zero-order valence-electron chi connectivity index (χ0n) is 9.66. The average Bonchev–Trinajstić information content (AvgIpc) is 2.31. The first-order chi connectivity index (χ1) is 8.81. The van der Waals surface area contributed by atoms with Gasteiger partial charge in [-0.05, 0) is 13.0 Å². The minimum absolute atomic E-state index is 0.0370. The van der Waals surface area contributed by atoms with E-state index in [1.807, 2.05) is 0 Å². The van der Waals surface area contributed by atoms with E-state index in [0.717, 1.165) is 0 Å². The van der Waals surface area contributed by atoms with Crippen LogP contribution in [0.2, 0.25) is 5.02 Å². The maximum Gasteiger partial charge on any atom is 0.417 e. The van der Waals surface area contributed by atoms with Crippen LogP contribution in [0.25, 0.3) is 0 Å². The first-order valence-electron chi connectivity index (χ1n) is 5.10. The number of rotatable bonds is 3. The smallest absolute Gasteiger partial charge is 0.417 e. The summed E-state index contributed by atoms with van der Waals surface area (Å²) in [5.74, 6) is -2.35. The molecule has 0 amide bonds. The third-order valence-corrected chi connectivity index (χ3v) is 2.42. The number of pyridine rings is 1. The molecule has 0 N–H and O–H groups in total. The van der Waals surface area contributed by atoms with Crippen LogP contribution in [-0.4, -0.2) is 17.6 Å². The molecular weight excluding hydrogens is 285 g/mol. The average molecular weight is 293 g/mol. The van der Waals surface area contributed by atoms with Crippen molar-refractivity contribution in [1.82, 2.24) is 4.98 Å². The predicted molar refractivity (Wildman–Crippen MR) is 59.2 cm³/mol. The highest BCUT2D eigenvalue weighted by molar-refractivity contribution is 6.31. The Hall–Kier alpha value is -1.81. The number of hydrogen-bond acceptors (Lipinski definition) is 4. The molecule has 0 aliphatic carbocycles. The molecule has 1 aromatic rings. The maximum atomic E-state index is 12.4. The van der Waals surface area contributed by atoms with Gasteiger partial charge in [0.2, 0.25) is 0 Å². The van der Waals surface area contributed by atoms with Crippen molar-refractivity contribution in [1.29, 1.82) is 5.26 Å². The number of carbonyl (C=O) groups excluding carboxylic acids is 1. The van der Waals surface area contributed by atoms with Gasteiger partial charge in [0.25, 0.3) is 0 Å². The molecule has 0 radical (unpaired) electrons. The summed E-state index contributed by atoms with van der Waals surface area (Å²) in [5.41, 5.74) is -1.31. The minimum atomic E-state index is -4.60. The fourth-order valence-corrected chi connectivity index (χ4v) is 1.54. The minimum Gasteiger partial charge on any atom is -0.465 e. The summed E-state index contributed by atoms with van der Waals surface area (Å²) in [6.45, 7) is 1.57. The van der Waals surface area contributed by atoms with Crippen molar-refractivity contribution in [3.05, 3.63) is 28.5 Å². The van der Waals surface area contributed by atoms with E-state index in [1.54, 1.807) is 6.07 Å². The Labute approximate surface area is 111 Å². The number of nitrogens with zero attached hydrogens (tertiary/aromatic N) is 2. The van der Waals surface area contributed by atoms with Crippen LogP contribution in [0.5, 0.6) is 0 Å². The summed E-state index contributed by atoms with van der Waals surface area (Å²) < 4.78 is 41.8. The van der Waals surface area contributed by atoms with Crippen molar-refractivity contribution in [2.75, 3.05) is 6.61 Å². The summed E-state index contributed by atoms with van der Waals surface area (Å²) in [6.07, 6.45) is -4.08. The van der Waals surface area contributed by atoms with Crippen molar-refractivity contribution in [3.8, 4) is 6.07 Å². The fraction of sp³-hybridized carbons (Fsp3) is 0.364. The predicted octanol–water partition coefficient (Wildman–Crippen LogP) is 2.92. The largest absolute Gasteiger partial charge is 0.465 e. The van der Waals surface area contributed by atoms with Crippen molar-refractivity contribution in [2.24, 2.45) is 0 Å².